The second-order valence-electron chi connectivity index (χ2n) is 5.63. The molecule has 1 heterocycles. The van der Waals surface area contributed by atoms with E-state index < -0.39 is 0 Å². The minimum absolute atomic E-state index is 0.0534. The van der Waals surface area contributed by atoms with Crippen molar-refractivity contribution in [2.45, 2.75) is 18.1 Å². The molecule has 6 heteroatoms. The SMILES string of the molecule is N#CC1=C(SCc2ccc(Br)cc2)NC(=O)C[C@@H]1c1cccc(Br)c1. The molecule has 2 aromatic carbocycles. The van der Waals surface area contributed by atoms with Crippen molar-refractivity contribution >= 4 is 49.5 Å². The highest BCUT2D eigenvalue weighted by Crippen LogP contribution is 2.37. The molecule has 1 N–H and O–H groups in total. The number of rotatable bonds is 4. The van der Waals surface area contributed by atoms with Gasteiger partial charge in [0.15, 0.2) is 0 Å². The molecule has 0 saturated heterocycles. The summed E-state index contributed by atoms with van der Waals surface area (Å²) in [5.41, 5.74) is 2.74. The highest BCUT2D eigenvalue weighted by molar-refractivity contribution is 9.10. The first-order valence-electron chi connectivity index (χ1n) is 7.63. The van der Waals surface area contributed by atoms with Crippen LogP contribution in [0.5, 0.6) is 0 Å². The van der Waals surface area contributed by atoms with Gasteiger partial charge in [-0.3, -0.25) is 4.79 Å². The van der Waals surface area contributed by atoms with Crippen LogP contribution in [-0.4, -0.2) is 5.91 Å². The topological polar surface area (TPSA) is 52.9 Å². The molecule has 1 aliphatic rings. The predicted molar refractivity (Wildman–Crippen MR) is 108 cm³/mol. The highest BCUT2D eigenvalue weighted by Gasteiger charge is 2.29. The number of nitrogens with zero attached hydrogens (tertiary/aromatic N) is 1. The van der Waals surface area contributed by atoms with Crippen molar-refractivity contribution in [3.05, 3.63) is 79.2 Å². The second-order valence-corrected chi connectivity index (χ2v) is 8.45. The molecule has 2 aromatic rings. The highest BCUT2D eigenvalue weighted by atomic mass is 79.9. The second kappa shape index (κ2) is 8.22. The minimum Gasteiger partial charge on any atom is -0.320 e. The third-order valence-electron chi connectivity index (χ3n) is 3.90. The Hall–Kier alpha value is -1.55. The van der Waals surface area contributed by atoms with Crippen LogP contribution in [-0.2, 0) is 10.5 Å². The van der Waals surface area contributed by atoms with Crippen molar-refractivity contribution in [3.63, 3.8) is 0 Å². The van der Waals surface area contributed by atoms with E-state index in [4.69, 9.17) is 0 Å². The van der Waals surface area contributed by atoms with E-state index in [1.807, 2.05) is 48.5 Å². The van der Waals surface area contributed by atoms with Crippen LogP contribution in [0.2, 0.25) is 0 Å². The Morgan fingerprint density at radius 3 is 2.60 bits per heavy atom. The van der Waals surface area contributed by atoms with Crippen LogP contribution in [0.1, 0.15) is 23.5 Å². The Morgan fingerprint density at radius 2 is 1.92 bits per heavy atom. The fourth-order valence-electron chi connectivity index (χ4n) is 2.68. The number of thioether (sulfide) groups is 1. The van der Waals surface area contributed by atoms with Crippen molar-refractivity contribution in [3.8, 4) is 6.07 Å². The Bertz CT molecular complexity index is 872. The average molecular weight is 478 g/mol. The molecule has 126 valence electrons. The maximum absolute atomic E-state index is 12.2. The zero-order valence-electron chi connectivity index (χ0n) is 13.1. The van der Waals surface area contributed by atoms with Gasteiger partial charge in [-0.05, 0) is 35.4 Å². The van der Waals surface area contributed by atoms with E-state index in [-0.39, 0.29) is 11.8 Å². The van der Waals surface area contributed by atoms with E-state index in [2.05, 4.69) is 43.2 Å². The maximum Gasteiger partial charge on any atom is 0.225 e. The van der Waals surface area contributed by atoms with E-state index >= 15 is 0 Å². The van der Waals surface area contributed by atoms with Gasteiger partial charge in [0.2, 0.25) is 5.91 Å². The third-order valence-corrected chi connectivity index (χ3v) is 6.01. The van der Waals surface area contributed by atoms with Crippen molar-refractivity contribution < 1.29 is 4.79 Å². The van der Waals surface area contributed by atoms with Gasteiger partial charge < -0.3 is 5.32 Å². The van der Waals surface area contributed by atoms with Crippen LogP contribution in [0.15, 0.2) is 68.1 Å². The van der Waals surface area contributed by atoms with Crippen molar-refractivity contribution in [1.29, 1.82) is 5.26 Å². The maximum atomic E-state index is 12.2. The van der Waals surface area contributed by atoms with Crippen LogP contribution in [0.3, 0.4) is 0 Å². The summed E-state index contributed by atoms with van der Waals surface area (Å²) in [4.78, 5) is 12.2. The number of nitriles is 1. The molecule has 0 saturated carbocycles. The van der Waals surface area contributed by atoms with Crippen LogP contribution in [0, 0.1) is 11.3 Å². The van der Waals surface area contributed by atoms with Gasteiger partial charge in [0.25, 0.3) is 0 Å². The molecule has 0 aromatic heterocycles. The molecule has 1 amide bonds. The van der Waals surface area contributed by atoms with Gasteiger partial charge >= 0.3 is 0 Å². The first-order valence-corrected chi connectivity index (χ1v) is 10.2. The lowest BCUT2D eigenvalue weighted by molar-refractivity contribution is -0.120. The summed E-state index contributed by atoms with van der Waals surface area (Å²) in [6.07, 6.45) is 0.293. The number of amides is 1. The summed E-state index contributed by atoms with van der Waals surface area (Å²) in [6, 6.07) is 18.1. The summed E-state index contributed by atoms with van der Waals surface area (Å²) < 4.78 is 1.97. The molecule has 1 atom stereocenters. The van der Waals surface area contributed by atoms with Gasteiger partial charge in [-0.2, -0.15) is 5.26 Å². The summed E-state index contributed by atoms with van der Waals surface area (Å²) in [6.45, 7) is 0. The van der Waals surface area contributed by atoms with Crippen molar-refractivity contribution in [2.75, 3.05) is 0 Å². The first-order chi connectivity index (χ1) is 12.1. The Morgan fingerprint density at radius 1 is 1.16 bits per heavy atom. The van der Waals surface area contributed by atoms with Crippen LogP contribution in [0.4, 0.5) is 0 Å². The van der Waals surface area contributed by atoms with E-state index in [1.165, 1.54) is 11.8 Å². The quantitative estimate of drug-likeness (QED) is 0.633. The number of carbonyl (C=O) groups is 1. The monoisotopic (exact) mass is 476 g/mol. The fourth-order valence-corrected chi connectivity index (χ4v) is 4.39. The molecule has 3 rings (SSSR count). The van der Waals surface area contributed by atoms with Gasteiger partial charge in [-0.1, -0.05) is 56.1 Å². The van der Waals surface area contributed by atoms with Crippen LogP contribution < -0.4 is 5.32 Å². The number of halogens is 2. The number of benzene rings is 2. The summed E-state index contributed by atoms with van der Waals surface area (Å²) in [5.74, 6) is 0.435. The normalized spacial score (nSPS) is 17.2. The lowest BCUT2D eigenvalue weighted by Crippen LogP contribution is -2.30. The van der Waals surface area contributed by atoms with Gasteiger partial charge in [0.1, 0.15) is 0 Å². The predicted octanol–water partition coefficient (Wildman–Crippen LogP) is 5.48. The molecule has 25 heavy (non-hydrogen) atoms. The van der Waals surface area contributed by atoms with E-state index in [1.54, 1.807) is 0 Å². The summed E-state index contributed by atoms with van der Waals surface area (Å²) >= 11 is 8.37. The molecular weight excluding hydrogens is 464 g/mol. The standard InChI is InChI=1S/C19H14Br2N2OS/c20-14-6-4-12(5-7-14)11-25-19-17(10-22)16(9-18(24)23-19)13-2-1-3-15(21)8-13/h1-8,16H,9,11H2,(H,23,24)/t16-/m1/s1. The molecule has 0 radical (unpaired) electrons. The van der Waals surface area contributed by atoms with Crippen LogP contribution >= 0.6 is 43.6 Å². The van der Waals surface area contributed by atoms with Gasteiger partial charge in [0.05, 0.1) is 16.7 Å². The molecule has 0 spiro atoms. The lowest BCUT2D eigenvalue weighted by Gasteiger charge is -2.25. The molecule has 0 unspecified atom stereocenters. The summed E-state index contributed by atoms with van der Waals surface area (Å²) in [7, 11) is 0. The number of allylic oxidation sites excluding steroid dienone is 1. The third kappa shape index (κ3) is 4.55. The molecule has 3 nitrogen and oxygen atoms in total. The Labute approximate surface area is 167 Å². The smallest absolute Gasteiger partial charge is 0.225 e. The largest absolute Gasteiger partial charge is 0.320 e. The molecular formula is C19H14Br2N2OS. The molecule has 0 bridgehead atoms. The zero-order valence-corrected chi connectivity index (χ0v) is 17.1. The molecule has 0 aliphatic carbocycles. The first kappa shape index (κ1) is 18.2. The molecule has 1 aliphatic heterocycles. The number of nitrogens with one attached hydrogen (secondary N) is 1. The lowest BCUT2D eigenvalue weighted by atomic mass is 9.87. The van der Waals surface area contributed by atoms with Crippen LogP contribution in [0.25, 0.3) is 0 Å². The van der Waals surface area contributed by atoms with Gasteiger partial charge in [-0.25, -0.2) is 0 Å². The van der Waals surface area contributed by atoms with Crippen molar-refractivity contribution in [2.24, 2.45) is 0 Å². The van der Waals surface area contributed by atoms with Gasteiger partial charge in [-0.15, -0.1) is 11.8 Å². The molecule has 0 fully saturated rings. The number of carbonyl (C=O) groups excluding carboxylic acids is 1. The van der Waals surface area contributed by atoms with E-state index in [0.717, 1.165) is 20.1 Å². The zero-order chi connectivity index (χ0) is 17.8. The Balaban J connectivity index is 1.87. The number of hydrogen-bond donors (Lipinski definition) is 1. The average Bonchev–Trinajstić information content (AvgIpc) is 2.60. The Kier molecular flexibility index (Phi) is 6.00. The van der Waals surface area contributed by atoms with Gasteiger partial charge in [0, 0.05) is 27.0 Å². The summed E-state index contributed by atoms with van der Waals surface area (Å²) in [5, 5.41) is 13.2. The fraction of sp³-hybridized carbons (Fsp3) is 0.158. The van der Waals surface area contributed by atoms with E-state index in [9.17, 15) is 10.1 Å². The van der Waals surface area contributed by atoms with Crippen molar-refractivity contribution in [1.82, 2.24) is 5.32 Å². The van der Waals surface area contributed by atoms with E-state index in [0.29, 0.717) is 22.8 Å². The minimum atomic E-state index is -0.205. The number of hydrogen-bond acceptors (Lipinski definition) is 3.